The third-order valence-electron chi connectivity index (χ3n) is 2.70. The second-order valence-electron chi connectivity index (χ2n) is 4.10. The molecule has 0 amide bonds. The van der Waals surface area contributed by atoms with E-state index in [1.165, 1.54) is 0 Å². The maximum Gasteiger partial charge on any atom is 0.138 e. The number of nitrogens with one attached hydrogen (secondary N) is 1. The third-order valence-corrected chi connectivity index (χ3v) is 2.70. The van der Waals surface area contributed by atoms with Gasteiger partial charge < -0.3 is 4.74 Å². The van der Waals surface area contributed by atoms with E-state index in [-0.39, 0.29) is 6.04 Å². The van der Waals surface area contributed by atoms with Crippen LogP contribution in [0.1, 0.15) is 32.0 Å². The fourth-order valence-electron chi connectivity index (χ4n) is 1.78. The van der Waals surface area contributed by atoms with Gasteiger partial charge in [-0.25, -0.2) is 4.98 Å². The zero-order valence-corrected chi connectivity index (χ0v) is 10.7. The highest BCUT2D eigenvalue weighted by Gasteiger charge is 2.12. The molecule has 1 aromatic rings. The lowest BCUT2D eigenvalue weighted by atomic mass is 10.1. The van der Waals surface area contributed by atoms with E-state index in [1.807, 2.05) is 4.68 Å². The Hall–Kier alpha value is -0.980. The number of nitrogens with two attached hydrogens (primary N) is 1. The van der Waals surface area contributed by atoms with Crippen molar-refractivity contribution in [2.24, 2.45) is 5.84 Å². The Kier molecular flexibility index (Phi) is 6.76. The highest BCUT2D eigenvalue weighted by atomic mass is 16.5. The van der Waals surface area contributed by atoms with E-state index in [1.54, 1.807) is 13.4 Å². The minimum Gasteiger partial charge on any atom is -0.385 e. The summed E-state index contributed by atoms with van der Waals surface area (Å²) in [6.45, 7) is 3.80. The lowest BCUT2D eigenvalue weighted by molar-refractivity contribution is 0.188. The van der Waals surface area contributed by atoms with Crippen LogP contribution in [0, 0.1) is 0 Å². The predicted octanol–water partition coefficient (Wildman–Crippen LogP) is 0.489. The van der Waals surface area contributed by atoms with Crippen LogP contribution in [0.4, 0.5) is 0 Å². The van der Waals surface area contributed by atoms with Gasteiger partial charge in [-0.05, 0) is 19.3 Å². The third kappa shape index (κ3) is 4.80. The zero-order chi connectivity index (χ0) is 12.5. The fraction of sp³-hybridized carbons (Fsp3) is 0.818. The number of aryl methyl sites for hydroxylation is 1. The minimum absolute atomic E-state index is 0.227. The van der Waals surface area contributed by atoms with Crippen molar-refractivity contribution in [1.29, 1.82) is 0 Å². The SMILES string of the molecule is CCCn1ncnc1CC(CCCOC)NN. The first-order valence-electron chi connectivity index (χ1n) is 6.13. The summed E-state index contributed by atoms with van der Waals surface area (Å²) in [5.41, 5.74) is 2.83. The number of hydrazine groups is 1. The molecule has 98 valence electrons. The molecule has 1 aromatic heterocycles. The summed E-state index contributed by atoms with van der Waals surface area (Å²) in [6, 6.07) is 0.227. The van der Waals surface area contributed by atoms with Gasteiger partial charge in [0.15, 0.2) is 0 Å². The number of nitrogens with zero attached hydrogens (tertiary/aromatic N) is 3. The first kappa shape index (κ1) is 14.1. The molecule has 0 saturated heterocycles. The fourth-order valence-corrected chi connectivity index (χ4v) is 1.78. The van der Waals surface area contributed by atoms with Crippen molar-refractivity contribution in [3.63, 3.8) is 0 Å². The number of hydrogen-bond donors (Lipinski definition) is 2. The first-order valence-corrected chi connectivity index (χ1v) is 6.13. The van der Waals surface area contributed by atoms with Crippen LogP contribution in [0.2, 0.25) is 0 Å². The molecule has 1 atom stereocenters. The molecule has 0 fully saturated rings. The molecule has 1 heterocycles. The van der Waals surface area contributed by atoms with Crippen LogP contribution >= 0.6 is 0 Å². The molecule has 6 heteroatoms. The van der Waals surface area contributed by atoms with Crippen LogP contribution in [0.5, 0.6) is 0 Å². The van der Waals surface area contributed by atoms with E-state index in [0.717, 1.165) is 44.7 Å². The Morgan fingerprint density at radius 1 is 1.59 bits per heavy atom. The number of aromatic nitrogens is 3. The van der Waals surface area contributed by atoms with Crippen molar-refractivity contribution < 1.29 is 4.74 Å². The van der Waals surface area contributed by atoms with E-state index in [4.69, 9.17) is 10.6 Å². The molecule has 17 heavy (non-hydrogen) atoms. The smallest absolute Gasteiger partial charge is 0.138 e. The van der Waals surface area contributed by atoms with Crippen LogP contribution in [0.25, 0.3) is 0 Å². The van der Waals surface area contributed by atoms with Gasteiger partial charge in [-0.3, -0.25) is 16.0 Å². The first-order chi connectivity index (χ1) is 8.31. The molecule has 0 aliphatic heterocycles. The molecule has 0 aromatic carbocycles. The number of ether oxygens (including phenoxy) is 1. The average molecular weight is 241 g/mol. The van der Waals surface area contributed by atoms with Crippen LogP contribution in [-0.4, -0.2) is 34.5 Å². The summed E-state index contributed by atoms with van der Waals surface area (Å²) >= 11 is 0. The van der Waals surface area contributed by atoms with Crippen molar-refractivity contribution >= 4 is 0 Å². The maximum absolute atomic E-state index is 5.55. The van der Waals surface area contributed by atoms with Gasteiger partial charge in [0, 0.05) is 32.7 Å². The van der Waals surface area contributed by atoms with Crippen molar-refractivity contribution in [2.75, 3.05) is 13.7 Å². The van der Waals surface area contributed by atoms with E-state index in [0.29, 0.717) is 0 Å². The van der Waals surface area contributed by atoms with Gasteiger partial charge in [0.25, 0.3) is 0 Å². The van der Waals surface area contributed by atoms with Gasteiger partial charge in [-0.15, -0.1) is 0 Å². The van der Waals surface area contributed by atoms with E-state index < -0.39 is 0 Å². The number of rotatable bonds is 9. The summed E-state index contributed by atoms with van der Waals surface area (Å²) < 4.78 is 6.98. The topological polar surface area (TPSA) is 78.0 Å². The highest BCUT2D eigenvalue weighted by molar-refractivity contribution is 4.89. The Morgan fingerprint density at radius 3 is 3.06 bits per heavy atom. The molecular weight excluding hydrogens is 218 g/mol. The molecule has 1 rings (SSSR count). The molecule has 3 N–H and O–H groups in total. The molecule has 0 radical (unpaired) electrons. The normalized spacial score (nSPS) is 12.9. The van der Waals surface area contributed by atoms with Crippen molar-refractivity contribution in [3.05, 3.63) is 12.2 Å². The molecule has 6 nitrogen and oxygen atoms in total. The van der Waals surface area contributed by atoms with E-state index >= 15 is 0 Å². The molecule has 0 bridgehead atoms. The zero-order valence-electron chi connectivity index (χ0n) is 10.7. The van der Waals surface area contributed by atoms with Crippen molar-refractivity contribution in [2.45, 2.75) is 45.2 Å². The number of hydrogen-bond acceptors (Lipinski definition) is 5. The molecule has 0 aliphatic rings. The highest BCUT2D eigenvalue weighted by Crippen LogP contribution is 2.05. The second-order valence-corrected chi connectivity index (χ2v) is 4.10. The molecule has 0 spiro atoms. The van der Waals surface area contributed by atoms with E-state index in [9.17, 15) is 0 Å². The average Bonchev–Trinajstić information content (AvgIpc) is 2.76. The van der Waals surface area contributed by atoms with Gasteiger partial charge in [-0.2, -0.15) is 5.10 Å². The summed E-state index contributed by atoms with van der Waals surface area (Å²) in [5.74, 6) is 6.54. The summed E-state index contributed by atoms with van der Waals surface area (Å²) in [6.07, 6.45) is 5.44. The van der Waals surface area contributed by atoms with Crippen LogP contribution in [0.3, 0.4) is 0 Å². The van der Waals surface area contributed by atoms with Gasteiger partial charge in [-0.1, -0.05) is 6.92 Å². The lowest BCUT2D eigenvalue weighted by Gasteiger charge is -2.15. The second kappa shape index (κ2) is 8.16. The van der Waals surface area contributed by atoms with Gasteiger partial charge >= 0.3 is 0 Å². The van der Waals surface area contributed by atoms with Crippen molar-refractivity contribution in [3.8, 4) is 0 Å². The van der Waals surface area contributed by atoms with E-state index in [2.05, 4.69) is 22.4 Å². The van der Waals surface area contributed by atoms with Gasteiger partial charge in [0.2, 0.25) is 0 Å². The molecular formula is C11H23N5O. The summed E-state index contributed by atoms with van der Waals surface area (Å²) in [5, 5.41) is 4.20. The molecule has 1 unspecified atom stereocenters. The van der Waals surface area contributed by atoms with Crippen molar-refractivity contribution in [1.82, 2.24) is 20.2 Å². The van der Waals surface area contributed by atoms with Crippen LogP contribution in [0.15, 0.2) is 6.33 Å². The summed E-state index contributed by atoms with van der Waals surface area (Å²) in [4.78, 5) is 4.28. The minimum atomic E-state index is 0.227. The Bertz CT molecular complexity index is 302. The quantitative estimate of drug-likeness (QED) is 0.374. The summed E-state index contributed by atoms with van der Waals surface area (Å²) in [7, 11) is 1.71. The Balaban J connectivity index is 2.45. The largest absolute Gasteiger partial charge is 0.385 e. The number of methoxy groups -OCH3 is 1. The molecule has 0 saturated carbocycles. The van der Waals surface area contributed by atoms with Gasteiger partial charge in [0.1, 0.15) is 12.2 Å². The lowest BCUT2D eigenvalue weighted by Crippen LogP contribution is -2.37. The standard InChI is InChI=1S/C11H23N5O/c1-3-6-16-11(13-9-14-16)8-10(15-12)5-4-7-17-2/h9-10,15H,3-8,12H2,1-2H3. The van der Waals surface area contributed by atoms with Crippen LogP contribution in [-0.2, 0) is 17.7 Å². The van der Waals surface area contributed by atoms with Crippen LogP contribution < -0.4 is 11.3 Å². The van der Waals surface area contributed by atoms with Gasteiger partial charge in [0.05, 0.1) is 0 Å². The molecule has 0 aliphatic carbocycles. The Morgan fingerprint density at radius 2 is 2.41 bits per heavy atom. The predicted molar refractivity (Wildman–Crippen MR) is 66.2 cm³/mol. The monoisotopic (exact) mass is 241 g/mol. The maximum atomic E-state index is 5.55. The Labute approximate surface area is 103 Å².